The number of hydrogen-bond acceptors (Lipinski definition) is 7. The Morgan fingerprint density at radius 2 is 1.93 bits per heavy atom. The maximum Gasteiger partial charge on any atom is 0.282 e. The van der Waals surface area contributed by atoms with Gasteiger partial charge in [-0.15, -0.1) is 0 Å². The lowest BCUT2D eigenvalue weighted by Gasteiger charge is -2.17. The van der Waals surface area contributed by atoms with Gasteiger partial charge in [-0.1, -0.05) is 37.6 Å². The molecular formula is C30H30BrClN4O5. The maximum atomic E-state index is 13.8. The highest BCUT2D eigenvalue weighted by Crippen LogP contribution is 2.42. The molecule has 1 heterocycles. The van der Waals surface area contributed by atoms with Crippen molar-refractivity contribution in [3.63, 3.8) is 0 Å². The van der Waals surface area contributed by atoms with Gasteiger partial charge in [0, 0.05) is 15.6 Å². The summed E-state index contributed by atoms with van der Waals surface area (Å²) in [4.78, 5) is 29.9. The van der Waals surface area contributed by atoms with Gasteiger partial charge >= 0.3 is 0 Å². The lowest BCUT2D eigenvalue weighted by molar-refractivity contribution is -0.119. The number of carbonyl (C=O) groups is 1. The van der Waals surface area contributed by atoms with Crippen molar-refractivity contribution in [3.05, 3.63) is 79.0 Å². The minimum Gasteiger partial charge on any atom is -0.496 e. The molecule has 9 nitrogen and oxygen atoms in total. The van der Waals surface area contributed by atoms with Crippen molar-refractivity contribution in [2.45, 2.75) is 33.6 Å². The maximum absolute atomic E-state index is 13.8. The molecule has 0 atom stereocenters. The van der Waals surface area contributed by atoms with E-state index < -0.39 is 5.91 Å². The smallest absolute Gasteiger partial charge is 0.282 e. The van der Waals surface area contributed by atoms with E-state index >= 15 is 0 Å². The minimum absolute atomic E-state index is 0.162. The first kappa shape index (κ1) is 30.1. The highest BCUT2D eigenvalue weighted by atomic mass is 79.9. The van der Waals surface area contributed by atoms with E-state index in [1.54, 1.807) is 38.3 Å². The van der Waals surface area contributed by atoms with Crippen LogP contribution in [0.4, 0.5) is 0 Å². The van der Waals surface area contributed by atoms with Crippen molar-refractivity contribution < 1.29 is 19.0 Å². The SMILES string of the molecule is CCOc1cc(C=Nn2c(-c3cc(C(C)C)c(OC)cc3C)nc3ccccc3c2=O)c(Br)c(Cl)c1OCC(N)=O. The molecule has 0 aliphatic rings. The zero-order chi connectivity index (χ0) is 29.8. The summed E-state index contributed by atoms with van der Waals surface area (Å²) >= 11 is 10.1. The van der Waals surface area contributed by atoms with Gasteiger partial charge in [0.25, 0.3) is 11.5 Å². The van der Waals surface area contributed by atoms with Crippen molar-refractivity contribution >= 4 is 50.6 Å². The Bertz CT molecular complexity index is 1720. The van der Waals surface area contributed by atoms with E-state index in [4.69, 9.17) is 36.5 Å². The van der Waals surface area contributed by atoms with Gasteiger partial charge in [0.2, 0.25) is 0 Å². The van der Waals surface area contributed by atoms with Crippen LogP contribution in [-0.4, -0.2) is 42.1 Å². The summed E-state index contributed by atoms with van der Waals surface area (Å²) in [6.07, 6.45) is 1.49. The van der Waals surface area contributed by atoms with Crippen LogP contribution in [-0.2, 0) is 4.79 Å². The van der Waals surface area contributed by atoms with Gasteiger partial charge in [-0.3, -0.25) is 9.59 Å². The van der Waals surface area contributed by atoms with Crippen molar-refractivity contribution in [1.29, 1.82) is 0 Å². The Hall–Kier alpha value is -3.89. The van der Waals surface area contributed by atoms with Crippen LogP contribution in [0, 0.1) is 6.92 Å². The van der Waals surface area contributed by atoms with Crippen molar-refractivity contribution in [1.82, 2.24) is 9.66 Å². The second-order valence-electron chi connectivity index (χ2n) is 9.49. The second-order valence-corrected chi connectivity index (χ2v) is 10.7. The number of hydrogen-bond donors (Lipinski definition) is 1. The number of nitrogens with two attached hydrogens (primary N) is 1. The number of para-hydroxylation sites is 1. The molecule has 3 aromatic carbocycles. The van der Waals surface area contributed by atoms with E-state index in [1.165, 1.54) is 10.9 Å². The first-order valence-corrected chi connectivity index (χ1v) is 14.0. The average Bonchev–Trinajstić information content (AvgIpc) is 2.94. The lowest BCUT2D eigenvalue weighted by Crippen LogP contribution is -2.21. The number of methoxy groups -OCH3 is 1. The van der Waals surface area contributed by atoms with Crippen molar-refractivity contribution in [3.8, 4) is 28.6 Å². The first-order chi connectivity index (χ1) is 19.6. The van der Waals surface area contributed by atoms with Gasteiger partial charge in [0.05, 0.1) is 30.8 Å². The number of ether oxygens (including phenoxy) is 3. The standard InChI is InChI=1S/C30H30BrClN4O5/c1-6-40-24-12-18(26(31)27(32)28(24)41-15-25(33)37)14-34-36-29(35-22-10-8-7-9-19(22)30(36)38)21-13-20(16(2)3)23(39-5)11-17(21)4/h7-14,16H,6,15H2,1-5H3,(H2,33,37). The van der Waals surface area contributed by atoms with Crippen LogP contribution >= 0.6 is 27.5 Å². The highest BCUT2D eigenvalue weighted by Gasteiger charge is 2.20. The fourth-order valence-corrected chi connectivity index (χ4v) is 4.98. The molecule has 0 saturated carbocycles. The lowest BCUT2D eigenvalue weighted by atomic mass is 9.96. The van der Waals surface area contributed by atoms with E-state index in [9.17, 15) is 9.59 Å². The third-order valence-corrected chi connectivity index (χ3v) is 7.76. The Balaban J connectivity index is 1.94. The molecule has 4 rings (SSSR count). The van der Waals surface area contributed by atoms with E-state index in [1.807, 2.05) is 25.1 Å². The van der Waals surface area contributed by atoms with Crippen LogP contribution in [0.25, 0.3) is 22.3 Å². The van der Waals surface area contributed by atoms with Crippen LogP contribution in [0.1, 0.15) is 43.4 Å². The zero-order valence-corrected chi connectivity index (χ0v) is 25.7. The Labute approximate surface area is 251 Å². The van der Waals surface area contributed by atoms with Gasteiger partial charge in [-0.2, -0.15) is 9.78 Å². The third-order valence-electron chi connectivity index (χ3n) is 6.32. The molecule has 11 heteroatoms. The number of primary amides is 1. The van der Waals surface area contributed by atoms with Crippen LogP contribution < -0.4 is 25.5 Å². The minimum atomic E-state index is -0.657. The van der Waals surface area contributed by atoms with Gasteiger partial charge in [0.1, 0.15) is 10.8 Å². The number of rotatable bonds is 10. The summed E-state index contributed by atoms with van der Waals surface area (Å²) in [5.41, 5.74) is 8.56. The quantitative estimate of drug-likeness (QED) is 0.210. The monoisotopic (exact) mass is 640 g/mol. The molecule has 0 radical (unpaired) electrons. The second kappa shape index (κ2) is 12.7. The molecule has 214 valence electrons. The van der Waals surface area contributed by atoms with E-state index in [0.717, 1.165) is 22.4 Å². The summed E-state index contributed by atoms with van der Waals surface area (Å²) in [6, 6.07) is 12.7. The number of carbonyl (C=O) groups excluding carboxylic acids is 1. The molecule has 0 fully saturated rings. The summed E-state index contributed by atoms with van der Waals surface area (Å²) in [7, 11) is 1.64. The number of halogens is 2. The topological polar surface area (TPSA) is 118 Å². The number of benzene rings is 3. The van der Waals surface area contributed by atoms with Crippen molar-refractivity contribution in [2.24, 2.45) is 10.8 Å². The molecular weight excluding hydrogens is 612 g/mol. The zero-order valence-electron chi connectivity index (χ0n) is 23.3. The predicted molar refractivity (Wildman–Crippen MR) is 165 cm³/mol. The molecule has 1 amide bonds. The van der Waals surface area contributed by atoms with Gasteiger partial charge in [0.15, 0.2) is 23.9 Å². The van der Waals surface area contributed by atoms with E-state index in [0.29, 0.717) is 39.1 Å². The van der Waals surface area contributed by atoms with Crippen LogP contribution in [0.2, 0.25) is 5.02 Å². The molecule has 0 bridgehead atoms. The Morgan fingerprint density at radius 3 is 2.59 bits per heavy atom. The molecule has 2 N–H and O–H groups in total. The van der Waals surface area contributed by atoms with Crippen molar-refractivity contribution in [2.75, 3.05) is 20.3 Å². The molecule has 0 saturated heterocycles. The van der Waals surface area contributed by atoms with Crippen LogP contribution in [0.5, 0.6) is 17.2 Å². The molecule has 0 aliphatic heterocycles. The summed E-state index contributed by atoms with van der Waals surface area (Å²) in [6.45, 7) is 7.83. The summed E-state index contributed by atoms with van der Waals surface area (Å²) < 4.78 is 18.5. The third kappa shape index (κ3) is 6.23. The molecule has 0 spiro atoms. The molecule has 0 unspecified atom stereocenters. The molecule has 41 heavy (non-hydrogen) atoms. The molecule has 4 aromatic rings. The van der Waals surface area contributed by atoms with E-state index in [2.05, 4.69) is 34.9 Å². The van der Waals surface area contributed by atoms with Gasteiger partial charge < -0.3 is 19.9 Å². The molecule has 0 aliphatic carbocycles. The van der Waals surface area contributed by atoms with Crippen LogP contribution in [0.15, 0.2) is 56.8 Å². The van der Waals surface area contributed by atoms with E-state index in [-0.39, 0.29) is 28.9 Å². The fourth-order valence-electron chi connectivity index (χ4n) is 4.33. The normalized spacial score (nSPS) is 11.4. The largest absolute Gasteiger partial charge is 0.496 e. The fraction of sp³-hybridized carbons (Fsp3) is 0.267. The van der Waals surface area contributed by atoms with Gasteiger partial charge in [-0.05, 0) is 77.2 Å². The first-order valence-electron chi connectivity index (χ1n) is 12.9. The number of fused-ring (bicyclic) bond motifs is 1. The van der Waals surface area contributed by atoms with Crippen LogP contribution in [0.3, 0.4) is 0 Å². The van der Waals surface area contributed by atoms with Gasteiger partial charge in [-0.25, -0.2) is 4.98 Å². The number of nitrogens with zero attached hydrogens (tertiary/aromatic N) is 3. The number of aromatic nitrogens is 2. The summed E-state index contributed by atoms with van der Waals surface area (Å²) in [5.74, 6) is 1.10. The highest BCUT2D eigenvalue weighted by molar-refractivity contribution is 9.10. The average molecular weight is 642 g/mol. The predicted octanol–water partition coefficient (Wildman–Crippen LogP) is 6.06. The summed E-state index contributed by atoms with van der Waals surface area (Å²) in [5, 5.41) is 5.18. The molecule has 1 aromatic heterocycles. The number of aryl methyl sites for hydroxylation is 1. The Kier molecular flexibility index (Phi) is 9.35. The number of amides is 1. The Morgan fingerprint density at radius 1 is 1.20 bits per heavy atom.